The number of para-hydroxylation sites is 1. The Kier molecular flexibility index (Phi) is 3.11. The summed E-state index contributed by atoms with van der Waals surface area (Å²) < 4.78 is 0. The van der Waals surface area contributed by atoms with Crippen molar-refractivity contribution < 1.29 is 5.21 Å². The van der Waals surface area contributed by atoms with Crippen LogP contribution in [0.3, 0.4) is 0 Å². The van der Waals surface area contributed by atoms with Gasteiger partial charge in [0.1, 0.15) is 0 Å². The van der Waals surface area contributed by atoms with Gasteiger partial charge in [-0.1, -0.05) is 32.0 Å². The highest BCUT2D eigenvalue weighted by Crippen LogP contribution is 2.17. The molecule has 0 saturated heterocycles. The molecule has 2 N–H and O–H groups in total. The van der Waals surface area contributed by atoms with Crippen LogP contribution < -0.4 is 5.48 Å². The van der Waals surface area contributed by atoms with Gasteiger partial charge in [-0.15, -0.1) is 0 Å². The van der Waals surface area contributed by atoms with Crippen LogP contribution in [0.1, 0.15) is 19.4 Å². The van der Waals surface area contributed by atoms with Crippen molar-refractivity contribution in [1.29, 1.82) is 0 Å². The summed E-state index contributed by atoms with van der Waals surface area (Å²) >= 11 is 0. The van der Waals surface area contributed by atoms with E-state index >= 15 is 0 Å². The van der Waals surface area contributed by atoms with Crippen molar-refractivity contribution in [2.45, 2.75) is 20.3 Å². The maximum Gasteiger partial charge on any atom is 0.0634 e. The predicted octanol–water partition coefficient (Wildman–Crippen LogP) is 2.69. The second-order valence-corrected chi connectivity index (χ2v) is 3.37. The summed E-state index contributed by atoms with van der Waals surface area (Å²) in [5.74, 6) is 0.611. The molecular formula is C10H15NO. The zero-order chi connectivity index (χ0) is 8.97. The van der Waals surface area contributed by atoms with E-state index < -0.39 is 0 Å². The number of hydrogen-bond acceptors (Lipinski definition) is 2. The highest BCUT2D eigenvalue weighted by molar-refractivity contribution is 5.49. The Morgan fingerprint density at radius 2 is 2.00 bits per heavy atom. The van der Waals surface area contributed by atoms with Gasteiger partial charge in [-0.2, -0.15) is 0 Å². The highest BCUT2D eigenvalue weighted by Gasteiger charge is 2.01. The van der Waals surface area contributed by atoms with Crippen LogP contribution in [0.5, 0.6) is 0 Å². The van der Waals surface area contributed by atoms with Crippen molar-refractivity contribution in [3.8, 4) is 0 Å². The number of nitrogens with one attached hydrogen (secondary N) is 1. The lowest BCUT2D eigenvalue weighted by molar-refractivity contribution is 0.387. The van der Waals surface area contributed by atoms with E-state index in [0.717, 1.165) is 17.7 Å². The molecule has 0 radical (unpaired) electrons. The van der Waals surface area contributed by atoms with E-state index in [1.165, 1.54) is 0 Å². The largest absolute Gasteiger partial charge is 0.291 e. The van der Waals surface area contributed by atoms with Gasteiger partial charge in [0.2, 0.25) is 0 Å². The summed E-state index contributed by atoms with van der Waals surface area (Å²) in [6.07, 6.45) is 0.990. The molecule has 0 spiro atoms. The number of hydrogen-bond donors (Lipinski definition) is 2. The monoisotopic (exact) mass is 165 g/mol. The van der Waals surface area contributed by atoms with Crippen molar-refractivity contribution in [2.75, 3.05) is 5.48 Å². The quantitative estimate of drug-likeness (QED) is 0.675. The molecule has 66 valence electrons. The van der Waals surface area contributed by atoms with Crippen molar-refractivity contribution >= 4 is 5.69 Å². The standard InChI is InChI=1S/C10H15NO/c1-8(2)7-9-5-3-4-6-10(9)11-12/h3-6,8,11-12H,7H2,1-2H3. The van der Waals surface area contributed by atoms with Gasteiger partial charge in [0.15, 0.2) is 0 Å². The Bertz CT molecular complexity index is 245. The van der Waals surface area contributed by atoms with Crippen LogP contribution in [0, 0.1) is 5.92 Å². The first-order valence-electron chi connectivity index (χ1n) is 4.22. The average Bonchev–Trinajstić information content (AvgIpc) is 2.04. The maximum atomic E-state index is 8.78. The summed E-state index contributed by atoms with van der Waals surface area (Å²) in [6, 6.07) is 7.79. The topological polar surface area (TPSA) is 32.3 Å². The fraction of sp³-hybridized carbons (Fsp3) is 0.400. The summed E-state index contributed by atoms with van der Waals surface area (Å²) in [7, 11) is 0. The molecule has 0 aliphatic carbocycles. The minimum Gasteiger partial charge on any atom is -0.291 e. The molecule has 0 aliphatic heterocycles. The molecule has 0 amide bonds. The Balaban J connectivity index is 2.82. The zero-order valence-corrected chi connectivity index (χ0v) is 7.54. The van der Waals surface area contributed by atoms with Crippen molar-refractivity contribution in [2.24, 2.45) is 5.92 Å². The highest BCUT2D eigenvalue weighted by atomic mass is 16.5. The van der Waals surface area contributed by atoms with Gasteiger partial charge in [0.05, 0.1) is 5.69 Å². The lowest BCUT2D eigenvalue weighted by atomic mass is 10.0. The lowest BCUT2D eigenvalue weighted by Gasteiger charge is -2.09. The molecule has 0 saturated carbocycles. The van der Waals surface area contributed by atoms with E-state index in [4.69, 9.17) is 5.21 Å². The van der Waals surface area contributed by atoms with Crippen LogP contribution in [0.2, 0.25) is 0 Å². The van der Waals surface area contributed by atoms with E-state index in [1.54, 1.807) is 0 Å². The number of benzene rings is 1. The molecular weight excluding hydrogens is 150 g/mol. The third-order valence-corrected chi connectivity index (χ3v) is 1.77. The Hall–Kier alpha value is -1.02. The maximum absolute atomic E-state index is 8.78. The molecule has 0 aromatic heterocycles. The SMILES string of the molecule is CC(C)Cc1ccccc1NO. The van der Waals surface area contributed by atoms with E-state index in [2.05, 4.69) is 19.3 Å². The second-order valence-electron chi connectivity index (χ2n) is 3.37. The van der Waals surface area contributed by atoms with E-state index in [9.17, 15) is 0 Å². The molecule has 1 rings (SSSR count). The van der Waals surface area contributed by atoms with Gasteiger partial charge in [-0.3, -0.25) is 10.7 Å². The first-order chi connectivity index (χ1) is 5.74. The smallest absolute Gasteiger partial charge is 0.0634 e. The average molecular weight is 165 g/mol. The number of rotatable bonds is 3. The van der Waals surface area contributed by atoms with Crippen LogP contribution in [0.15, 0.2) is 24.3 Å². The fourth-order valence-electron chi connectivity index (χ4n) is 1.25. The van der Waals surface area contributed by atoms with Crippen LogP contribution in [-0.4, -0.2) is 5.21 Å². The molecule has 1 aromatic rings. The van der Waals surface area contributed by atoms with E-state index in [0.29, 0.717) is 5.92 Å². The molecule has 2 heteroatoms. The molecule has 2 nitrogen and oxygen atoms in total. The second kappa shape index (κ2) is 4.12. The van der Waals surface area contributed by atoms with Crippen LogP contribution in [0.25, 0.3) is 0 Å². The molecule has 0 fully saturated rings. The minimum absolute atomic E-state index is 0.611. The molecule has 0 aliphatic rings. The fourth-order valence-corrected chi connectivity index (χ4v) is 1.25. The Labute approximate surface area is 73.2 Å². The van der Waals surface area contributed by atoms with Crippen molar-refractivity contribution in [3.05, 3.63) is 29.8 Å². The van der Waals surface area contributed by atoms with Gasteiger partial charge in [-0.05, 0) is 24.0 Å². The summed E-state index contributed by atoms with van der Waals surface area (Å²) in [4.78, 5) is 0. The Morgan fingerprint density at radius 3 is 2.58 bits per heavy atom. The summed E-state index contributed by atoms with van der Waals surface area (Å²) in [5.41, 5.74) is 4.17. The predicted molar refractivity (Wildman–Crippen MR) is 50.4 cm³/mol. The molecule has 0 heterocycles. The normalized spacial score (nSPS) is 10.3. The molecule has 0 unspecified atom stereocenters. The van der Waals surface area contributed by atoms with Crippen molar-refractivity contribution in [1.82, 2.24) is 0 Å². The van der Waals surface area contributed by atoms with Gasteiger partial charge in [0.25, 0.3) is 0 Å². The zero-order valence-electron chi connectivity index (χ0n) is 7.54. The first-order valence-corrected chi connectivity index (χ1v) is 4.22. The van der Waals surface area contributed by atoms with Crippen molar-refractivity contribution in [3.63, 3.8) is 0 Å². The van der Waals surface area contributed by atoms with Gasteiger partial charge in [-0.25, -0.2) is 0 Å². The minimum atomic E-state index is 0.611. The van der Waals surface area contributed by atoms with Gasteiger partial charge in [0, 0.05) is 0 Å². The van der Waals surface area contributed by atoms with Crippen LogP contribution in [0.4, 0.5) is 5.69 Å². The number of anilines is 1. The first kappa shape index (κ1) is 9.07. The molecule has 12 heavy (non-hydrogen) atoms. The van der Waals surface area contributed by atoms with Crippen LogP contribution in [-0.2, 0) is 6.42 Å². The Morgan fingerprint density at radius 1 is 1.33 bits per heavy atom. The molecule has 1 aromatic carbocycles. The van der Waals surface area contributed by atoms with E-state index in [1.807, 2.05) is 24.3 Å². The van der Waals surface area contributed by atoms with E-state index in [-0.39, 0.29) is 0 Å². The third-order valence-electron chi connectivity index (χ3n) is 1.77. The summed E-state index contributed by atoms with van der Waals surface area (Å²) in [6.45, 7) is 4.32. The van der Waals surface area contributed by atoms with Gasteiger partial charge < -0.3 is 0 Å². The molecule has 0 atom stereocenters. The third kappa shape index (κ3) is 2.24. The lowest BCUT2D eigenvalue weighted by Crippen LogP contribution is -1.99. The van der Waals surface area contributed by atoms with Crippen LogP contribution >= 0.6 is 0 Å². The van der Waals surface area contributed by atoms with Gasteiger partial charge >= 0.3 is 0 Å². The summed E-state index contributed by atoms with van der Waals surface area (Å²) in [5, 5.41) is 8.78. The molecule has 0 bridgehead atoms.